The number of carbonyl (C=O) groups excluding carboxylic acids is 2. The quantitative estimate of drug-likeness (QED) is 0.342. The second-order valence-electron chi connectivity index (χ2n) is 11.7. The molecule has 0 spiro atoms. The van der Waals surface area contributed by atoms with Gasteiger partial charge in [0.15, 0.2) is 0 Å². The molecule has 206 valence electrons. The molecule has 1 heterocycles. The number of fused-ring (bicyclic) bond motifs is 1. The number of aliphatic hydroxyl groups is 2. The number of carbonyl (C=O) groups is 2. The van der Waals surface area contributed by atoms with Crippen molar-refractivity contribution in [2.45, 2.75) is 69.9 Å². The van der Waals surface area contributed by atoms with Crippen LogP contribution in [0.2, 0.25) is 0 Å². The maximum Gasteiger partial charge on any atom is 0.239 e. The fraction of sp³-hybridized carbons (Fsp3) is 0.533. The smallest absolute Gasteiger partial charge is 0.239 e. The number of β-amino-alcohol motifs (C(OH)–C–C–N with tert-alkyl or cyclic N) is 1. The summed E-state index contributed by atoms with van der Waals surface area (Å²) in [5.74, 6) is -0.738. The van der Waals surface area contributed by atoms with Gasteiger partial charge in [0, 0.05) is 44.1 Å². The van der Waals surface area contributed by atoms with E-state index in [-0.39, 0.29) is 29.8 Å². The third-order valence-electron chi connectivity index (χ3n) is 7.35. The van der Waals surface area contributed by atoms with E-state index in [1.165, 1.54) is 0 Å². The van der Waals surface area contributed by atoms with E-state index >= 15 is 0 Å². The summed E-state index contributed by atoms with van der Waals surface area (Å²) in [4.78, 5) is 28.5. The van der Waals surface area contributed by atoms with Crippen molar-refractivity contribution in [3.8, 4) is 0 Å². The maximum absolute atomic E-state index is 13.6. The summed E-state index contributed by atoms with van der Waals surface area (Å²) in [5.41, 5.74) is 2.65. The van der Waals surface area contributed by atoms with Gasteiger partial charge >= 0.3 is 0 Å². The number of nitrogens with one attached hydrogen (secondary N) is 3. The SMILES string of the molecule is CC(C)(C)NC(=O)C1CNCCN1CC(O)CC(Cc1ccccc1)C(=O)N[C@H]1c2ccccc2C[C@H]1O. The van der Waals surface area contributed by atoms with Gasteiger partial charge in [-0.25, -0.2) is 0 Å². The molecule has 2 amide bonds. The second kappa shape index (κ2) is 12.4. The van der Waals surface area contributed by atoms with Crippen LogP contribution in [-0.4, -0.2) is 76.9 Å². The summed E-state index contributed by atoms with van der Waals surface area (Å²) in [6.45, 7) is 8.05. The molecule has 8 nitrogen and oxygen atoms in total. The monoisotopic (exact) mass is 522 g/mol. The van der Waals surface area contributed by atoms with Crippen molar-refractivity contribution >= 4 is 11.8 Å². The molecular weight excluding hydrogens is 480 g/mol. The number of piperazine rings is 1. The van der Waals surface area contributed by atoms with Gasteiger partial charge in [-0.05, 0) is 50.3 Å². The number of rotatable bonds is 9. The lowest BCUT2D eigenvalue weighted by Gasteiger charge is -2.38. The molecule has 38 heavy (non-hydrogen) atoms. The summed E-state index contributed by atoms with van der Waals surface area (Å²) < 4.78 is 0. The fourth-order valence-electron chi connectivity index (χ4n) is 5.55. The predicted octanol–water partition coefficient (Wildman–Crippen LogP) is 1.56. The Morgan fingerprint density at radius 3 is 2.55 bits per heavy atom. The minimum atomic E-state index is -0.793. The van der Waals surface area contributed by atoms with Crippen LogP contribution < -0.4 is 16.0 Å². The van der Waals surface area contributed by atoms with E-state index in [4.69, 9.17) is 0 Å². The van der Waals surface area contributed by atoms with E-state index in [1.807, 2.05) is 80.3 Å². The van der Waals surface area contributed by atoms with Crippen molar-refractivity contribution in [2.24, 2.45) is 5.92 Å². The Kier molecular flexibility index (Phi) is 9.20. The average Bonchev–Trinajstić information content (AvgIpc) is 3.18. The van der Waals surface area contributed by atoms with Crippen molar-refractivity contribution in [3.63, 3.8) is 0 Å². The molecule has 0 saturated carbocycles. The first-order valence-electron chi connectivity index (χ1n) is 13.7. The number of nitrogens with zero attached hydrogens (tertiary/aromatic N) is 1. The molecule has 1 aliphatic heterocycles. The molecule has 0 bridgehead atoms. The van der Waals surface area contributed by atoms with Crippen LogP contribution in [0.3, 0.4) is 0 Å². The summed E-state index contributed by atoms with van der Waals surface area (Å²) in [6.07, 6.45) is -0.236. The van der Waals surface area contributed by atoms with Gasteiger partial charge in [-0.15, -0.1) is 0 Å². The molecule has 0 aromatic heterocycles. The lowest BCUT2D eigenvalue weighted by atomic mass is 9.91. The molecule has 4 rings (SSSR count). The first kappa shape index (κ1) is 28.2. The molecule has 5 N–H and O–H groups in total. The molecule has 3 unspecified atom stereocenters. The van der Waals surface area contributed by atoms with Gasteiger partial charge in [-0.3, -0.25) is 14.5 Å². The van der Waals surface area contributed by atoms with Gasteiger partial charge in [0.1, 0.15) is 6.04 Å². The number of aliphatic hydroxyl groups excluding tert-OH is 2. The van der Waals surface area contributed by atoms with E-state index < -0.39 is 24.2 Å². The Balaban J connectivity index is 1.45. The van der Waals surface area contributed by atoms with E-state index in [1.54, 1.807) is 0 Å². The molecule has 1 aliphatic carbocycles. The second-order valence-corrected chi connectivity index (χ2v) is 11.7. The summed E-state index contributed by atoms with van der Waals surface area (Å²) >= 11 is 0. The summed E-state index contributed by atoms with van der Waals surface area (Å²) in [5, 5.41) is 31.3. The van der Waals surface area contributed by atoms with E-state index in [0.717, 1.165) is 23.2 Å². The third kappa shape index (κ3) is 7.41. The molecule has 2 aromatic carbocycles. The summed E-state index contributed by atoms with van der Waals surface area (Å²) in [7, 11) is 0. The zero-order chi connectivity index (χ0) is 27.3. The zero-order valence-electron chi connectivity index (χ0n) is 22.7. The number of hydrogen-bond acceptors (Lipinski definition) is 6. The highest BCUT2D eigenvalue weighted by atomic mass is 16.3. The van der Waals surface area contributed by atoms with Crippen LogP contribution in [-0.2, 0) is 22.4 Å². The van der Waals surface area contributed by atoms with Crippen LogP contribution in [0.15, 0.2) is 54.6 Å². The molecule has 8 heteroatoms. The Hall–Kier alpha value is -2.78. The largest absolute Gasteiger partial charge is 0.392 e. The molecule has 1 saturated heterocycles. The predicted molar refractivity (Wildman–Crippen MR) is 147 cm³/mol. The van der Waals surface area contributed by atoms with Crippen LogP contribution in [0.5, 0.6) is 0 Å². The third-order valence-corrected chi connectivity index (χ3v) is 7.35. The van der Waals surface area contributed by atoms with Crippen molar-refractivity contribution < 1.29 is 19.8 Å². The van der Waals surface area contributed by atoms with Gasteiger partial charge in [0.25, 0.3) is 0 Å². The minimum Gasteiger partial charge on any atom is -0.392 e. The standard InChI is InChI=1S/C30H42N4O4/c1-30(2,3)33-29(38)25-18-31-13-14-34(25)19-23(35)16-22(15-20-9-5-4-6-10-20)28(37)32-27-24-12-8-7-11-21(24)17-26(27)36/h4-12,22-23,25-27,31,35-36H,13-19H2,1-3H3,(H,32,37)(H,33,38)/t22?,23?,25?,26-,27+/m1/s1. The normalized spacial score (nSPS) is 23.3. The lowest BCUT2D eigenvalue weighted by molar-refractivity contribution is -0.130. The molecule has 1 fully saturated rings. The highest BCUT2D eigenvalue weighted by molar-refractivity contribution is 5.83. The van der Waals surface area contributed by atoms with Crippen LogP contribution in [0, 0.1) is 5.92 Å². The topological polar surface area (TPSA) is 114 Å². The lowest BCUT2D eigenvalue weighted by Crippen LogP contribution is -2.61. The van der Waals surface area contributed by atoms with Crippen molar-refractivity contribution in [3.05, 3.63) is 71.3 Å². The molecule has 0 radical (unpaired) electrons. The van der Waals surface area contributed by atoms with E-state index in [9.17, 15) is 19.8 Å². The minimum absolute atomic E-state index is 0.0654. The number of benzene rings is 2. The number of amides is 2. The molecule has 5 atom stereocenters. The van der Waals surface area contributed by atoms with Crippen molar-refractivity contribution in [1.29, 1.82) is 0 Å². The van der Waals surface area contributed by atoms with E-state index in [2.05, 4.69) is 16.0 Å². The number of hydrogen-bond donors (Lipinski definition) is 5. The van der Waals surface area contributed by atoms with Crippen LogP contribution in [0.25, 0.3) is 0 Å². The zero-order valence-corrected chi connectivity index (χ0v) is 22.7. The van der Waals surface area contributed by atoms with Crippen LogP contribution in [0.1, 0.15) is 49.9 Å². The first-order chi connectivity index (χ1) is 18.1. The van der Waals surface area contributed by atoms with Gasteiger partial charge in [-0.2, -0.15) is 0 Å². The van der Waals surface area contributed by atoms with Gasteiger partial charge in [-0.1, -0.05) is 54.6 Å². The van der Waals surface area contributed by atoms with Crippen LogP contribution >= 0.6 is 0 Å². The van der Waals surface area contributed by atoms with E-state index in [0.29, 0.717) is 32.5 Å². The maximum atomic E-state index is 13.6. The van der Waals surface area contributed by atoms with Gasteiger partial charge < -0.3 is 26.2 Å². The first-order valence-corrected chi connectivity index (χ1v) is 13.7. The summed E-state index contributed by atoms with van der Waals surface area (Å²) in [6, 6.07) is 16.7. The molecular formula is C30H42N4O4. The van der Waals surface area contributed by atoms with Crippen LogP contribution in [0.4, 0.5) is 0 Å². The van der Waals surface area contributed by atoms with Crippen molar-refractivity contribution in [2.75, 3.05) is 26.2 Å². The van der Waals surface area contributed by atoms with Gasteiger partial charge in [0.2, 0.25) is 11.8 Å². The Morgan fingerprint density at radius 2 is 1.82 bits per heavy atom. The Labute approximate surface area is 225 Å². The Morgan fingerprint density at radius 1 is 1.11 bits per heavy atom. The van der Waals surface area contributed by atoms with Crippen molar-refractivity contribution in [1.82, 2.24) is 20.9 Å². The van der Waals surface area contributed by atoms with Gasteiger partial charge in [0.05, 0.1) is 18.2 Å². The molecule has 2 aromatic rings. The molecule has 2 aliphatic rings. The Bertz CT molecular complexity index is 1090. The average molecular weight is 523 g/mol. The highest BCUT2D eigenvalue weighted by Crippen LogP contribution is 2.32. The highest BCUT2D eigenvalue weighted by Gasteiger charge is 2.35. The fourth-order valence-corrected chi connectivity index (χ4v) is 5.55.